The maximum Gasteiger partial charge on any atom is 0.0601 e. The molecule has 2 aliphatic rings. The van der Waals surface area contributed by atoms with E-state index in [4.69, 9.17) is 11.6 Å². The Hall–Kier alpha value is 0.0300. The van der Waals surface area contributed by atoms with Gasteiger partial charge in [-0.3, -0.25) is 0 Å². The van der Waals surface area contributed by atoms with Crippen LogP contribution >= 0.6 is 11.6 Å². The summed E-state index contributed by atoms with van der Waals surface area (Å²) in [4.78, 5) is -0.0606. The Labute approximate surface area is 73.6 Å². The molecule has 1 saturated carbocycles. The molecule has 0 aromatic rings. The van der Waals surface area contributed by atoms with Crippen LogP contribution in [-0.4, -0.2) is 4.87 Å². The zero-order chi connectivity index (χ0) is 8.28. The van der Waals surface area contributed by atoms with E-state index in [1.807, 2.05) is 0 Å². The normalized spacial score (nSPS) is 52.0. The molecular weight excluding hydrogens is 156 g/mol. The van der Waals surface area contributed by atoms with Gasteiger partial charge in [0.05, 0.1) is 4.87 Å². The number of alkyl halides is 1. The van der Waals surface area contributed by atoms with E-state index in [1.54, 1.807) is 0 Å². The van der Waals surface area contributed by atoms with Crippen LogP contribution in [0.3, 0.4) is 0 Å². The van der Waals surface area contributed by atoms with Gasteiger partial charge in [-0.15, -0.1) is 11.6 Å². The van der Waals surface area contributed by atoms with Crippen LogP contribution in [0.2, 0.25) is 0 Å². The molecule has 0 bridgehead atoms. The van der Waals surface area contributed by atoms with Crippen molar-refractivity contribution in [1.29, 1.82) is 0 Å². The highest BCUT2D eigenvalue weighted by atomic mass is 35.5. The quantitative estimate of drug-likeness (QED) is 0.387. The Morgan fingerprint density at radius 1 is 1.36 bits per heavy atom. The first-order chi connectivity index (χ1) is 4.93. The van der Waals surface area contributed by atoms with Gasteiger partial charge in [0.15, 0.2) is 0 Å². The van der Waals surface area contributed by atoms with Crippen molar-refractivity contribution in [1.82, 2.24) is 0 Å². The predicted octanol–water partition coefficient (Wildman–Crippen LogP) is 3.22. The van der Waals surface area contributed by atoms with Crippen LogP contribution < -0.4 is 0 Å². The Morgan fingerprint density at radius 2 is 2.00 bits per heavy atom. The van der Waals surface area contributed by atoms with E-state index < -0.39 is 0 Å². The SMILES string of the molecule is CC1(Cl)C=CC2C(C1)C2(C)C. The van der Waals surface area contributed by atoms with Gasteiger partial charge < -0.3 is 0 Å². The van der Waals surface area contributed by atoms with Gasteiger partial charge in [-0.1, -0.05) is 26.0 Å². The van der Waals surface area contributed by atoms with Crippen molar-refractivity contribution in [2.75, 3.05) is 0 Å². The Balaban J connectivity index is 2.20. The average Bonchev–Trinajstić information content (AvgIpc) is 2.32. The lowest BCUT2D eigenvalue weighted by atomic mass is 9.96. The molecule has 1 heteroatoms. The standard InChI is InChI=1S/C10H15Cl/c1-9(2)7-4-5-10(3,11)6-8(7)9/h4-5,7-8H,6H2,1-3H3. The number of rotatable bonds is 0. The van der Waals surface area contributed by atoms with Gasteiger partial charge in [0.25, 0.3) is 0 Å². The topological polar surface area (TPSA) is 0 Å². The smallest absolute Gasteiger partial charge is 0.0601 e. The summed E-state index contributed by atoms with van der Waals surface area (Å²) in [5.74, 6) is 1.66. The van der Waals surface area contributed by atoms with Crippen molar-refractivity contribution < 1.29 is 0 Å². The number of hydrogen-bond donors (Lipinski definition) is 0. The summed E-state index contributed by atoms with van der Waals surface area (Å²) in [6.07, 6.45) is 5.63. The number of halogens is 1. The molecule has 62 valence electrons. The maximum absolute atomic E-state index is 6.23. The van der Waals surface area contributed by atoms with Crippen molar-refractivity contribution in [3.63, 3.8) is 0 Å². The van der Waals surface area contributed by atoms with Crippen molar-refractivity contribution in [3.8, 4) is 0 Å². The van der Waals surface area contributed by atoms with Crippen molar-refractivity contribution in [2.24, 2.45) is 17.3 Å². The van der Waals surface area contributed by atoms with Crippen LogP contribution in [0, 0.1) is 17.3 Å². The van der Waals surface area contributed by atoms with E-state index in [2.05, 4.69) is 32.9 Å². The lowest BCUT2D eigenvalue weighted by Gasteiger charge is -2.20. The molecule has 0 N–H and O–H groups in total. The van der Waals surface area contributed by atoms with Crippen LogP contribution in [0.1, 0.15) is 27.2 Å². The molecule has 0 spiro atoms. The van der Waals surface area contributed by atoms with Crippen LogP contribution in [0.25, 0.3) is 0 Å². The fourth-order valence-corrected chi connectivity index (χ4v) is 2.60. The molecule has 0 aromatic heterocycles. The monoisotopic (exact) mass is 170 g/mol. The van der Waals surface area contributed by atoms with E-state index in [0.29, 0.717) is 5.41 Å². The van der Waals surface area contributed by atoms with Crippen LogP contribution in [-0.2, 0) is 0 Å². The summed E-state index contributed by atoms with van der Waals surface area (Å²) in [6, 6.07) is 0. The molecule has 3 atom stereocenters. The number of allylic oxidation sites excluding steroid dienone is 2. The molecule has 0 radical (unpaired) electrons. The molecule has 3 unspecified atom stereocenters. The van der Waals surface area contributed by atoms with E-state index in [-0.39, 0.29) is 4.87 Å². The lowest BCUT2D eigenvalue weighted by Crippen LogP contribution is -2.16. The highest BCUT2D eigenvalue weighted by Gasteiger charge is 2.58. The second kappa shape index (κ2) is 1.85. The predicted molar refractivity (Wildman–Crippen MR) is 48.8 cm³/mol. The molecule has 2 aliphatic carbocycles. The largest absolute Gasteiger partial charge is 0.115 e. The molecule has 0 heterocycles. The van der Waals surface area contributed by atoms with Crippen molar-refractivity contribution >= 4 is 11.6 Å². The molecule has 0 amide bonds. The molecule has 2 rings (SSSR count). The molecule has 0 saturated heterocycles. The van der Waals surface area contributed by atoms with Crippen molar-refractivity contribution in [2.45, 2.75) is 32.1 Å². The minimum absolute atomic E-state index is 0.0606. The van der Waals surface area contributed by atoms with Gasteiger partial charge in [0, 0.05) is 0 Å². The second-order valence-electron chi connectivity index (χ2n) is 4.79. The highest BCUT2D eigenvalue weighted by molar-refractivity contribution is 6.25. The van der Waals surface area contributed by atoms with Crippen LogP contribution in [0.5, 0.6) is 0 Å². The highest BCUT2D eigenvalue weighted by Crippen LogP contribution is 2.64. The summed E-state index contributed by atoms with van der Waals surface area (Å²) in [6.45, 7) is 6.78. The number of hydrogen-bond acceptors (Lipinski definition) is 0. The zero-order valence-electron chi connectivity index (χ0n) is 7.39. The second-order valence-corrected chi connectivity index (χ2v) is 5.66. The van der Waals surface area contributed by atoms with Gasteiger partial charge in [0.1, 0.15) is 0 Å². The molecule has 1 fully saturated rings. The lowest BCUT2D eigenvalue weighted by molar-refractivity contribution is 0.502. The summed E-state index contributed by atoms with van der Waals surface area (Å²) in [5.41, 5.74) is 0.531. The summed E-state index contributed by atoms with van der Waals surface area (Å²) in [7, 11) is 0. The van der Waals surface area contributed by atoms with E-state index in [1.165, 1.54) is 0 Å². The van der Waals surface area contributed by atoms with Gasteiger partial charge in [0.2, 0.25) is 0 Å². The first kappa shape index (κ1) is 7.67. The van der Waals surface area contributed by atoms with Gasteiger partial charge in [-0.25, -0.2) is 0 Å². The Bertz CT molecular complexity index is 213. The molecule has 0 nitrogen and oxygen atoms in total. The minimum atomic E-state index is -0.0606. The summed E-state index contributed by atoms with van der Waals surface area (Å²) in [5, 5.41) is 0. The molecular formula is C10H15Cl. The van der Waals surface area contributed by atoms with Gasteiger partial charge in [-0.05, 0) is 30.6 Å². The zero-order valence-corrected chi connectivity index (χ0v) is 8.15. The van der Waals surface area contributed by atoms with Crippen LogP contribution in [0.4, 0.5) is 0 Å². The van der Waals surface area contributed by atoms with Gasteiger partial charge >= 0.3 is 0 Å². The minimum Gasteiger partial charge on any atom is -0.115 e. The van der Waals surface area contributed by atoms with Crippen molar-refractivity contribution in [3.05, 3.63) is 12.2 Å². The number of fused-ring (bicyclic) bond motifs is 1. The van der Waals surface area contributed by atoms with Crippen LogP contribution in [0.15, 0.2) is 12.2 Å². The Kier molecular flexibility index (Phi) is 1.29. The summed E-state index contributed by atoms with van der Waals surface area (Å²) >= 11 is 6.23. The average molecular weight is 171 g/mol. The third-order valence-corrected chi connectivity index (χ3v) is 3.69. The molecule has 11 heavy (non-hydrogen) atoms. The Morgan fingerprint density at radius 3 is 2.45 bits per heavy atom. The third-order valence-electron chi connectivity index (χ3n) is 3.41. The van der Waals surface area contributed by atoms with E-state index in [0.717, 1.165) is 18.3 Å². The van der Waals surface area contributed by atoms with E-state index in [9.17, 15) is 0 Å². The fraction of sp³-hybridized carbons (Fsp3) is 0.800. The third kappa shape index (κ3) is 1.03. The first-order valence-electron chi connectivity index (χ1n) is 4.32. The fourth-order valence-electron chi connectivity index (χ4n) is 2.36. The molecule has 0 aromatic carbocycles. The molecule has 0 aliphatic heterocycles. The first-order valence-corrected chi connectivity index (χ1v) is 4.69. The summed E-state index contributed by atoms with van der Waals surface area (Å²) < 4.78 is 0. The van der Waals surface area contributed by atoms with Gasteiger partial charge in [-0.2, -0.15) is 0 Å². The van der Waals surface area contributed by atoms with E-state index >= 15 is 0 Å². The maximum atomic E-state index is 6.23.